The fourth-order valence-electron chi connectivity index (χ4n) is 1.42. The summed E-state index contributed by atoms with van der Waals surface area (Å²) in [6.07, 6.45) is 0.351. The molecule has 5 N–H and O–H groups in total. The zero-order valence-electron chi connectivity index (χ0n) is 11.1. The first kappa shape index (κ1) is 15.5. The van der Waals surface area contributed by atoms with Crippen molar-refractivity contribution in [2.45, 2.75) is 13.3 Å². The van der Waals surface area contributed by atoms with Crippen LogP contribution in [-0.4, -0.2) is 29.6 Å². The standard InChI is InChI=1S/C13H17N3O4/c1-8(12(18)19)6-7-15-13(20)16-10-4-2-9(3-5-10)11(14)17/h2-5,8H,6-7H2,1H3,(H2,14,17)(H,18,19)(H2,15,16,20). The molecule has 0 saturated heterocycles. The van der Waals surface area contributed by atoms with E-state index in [9.17, 15) is 14.4 Å². The minimum atomic E-state index is -0.894. The number of aliphatic carboxylic acids is 1. The average molecular weight is 279 g/mol. The quantitative estimate of drug-likeness (QED) is 0.621. The number of amides is 3. The molecular formula is C13H17N3O4. The zero-order chi connectivity index (χ0) is 15.1. The maximum Gasteiger partial charge on any atom is 0.319 e. The Bertz CT molecular complexity index is 499. The van der Waals surface area contributed by atoms with Crippen molar-refractivity contribution in [2.75, 3.05) is 11.9 Å². The van der Waals surface area contributed by atoms with E-state index in [0.29, 0.717) is 17.7 Å². The monoisotopic (exact) mass is 279 g/mol. The van der Waals surface area contributed by atoms with E-state index < -0.39 is 23.8 Å². The third-order valence-electron chi connectivity index (χ3n) is 2.71. The third kappa shape index (κ3) is 4.97. The molecule has 1 aromatic rings. The molecule has 0 aliphatic carbocycles. The Hall–Kier alpha value is -2.57. The summed E-state index contributed by atoms with van der Waals surface area (Å²) in [6.45, 7) is 1.84. The molecule has 0 bridgehead atoms. The smallest absolute Gasteiger partial charge is 0.319 e. The molecule has 0 aliphatic rings. The lowest BCUT2D eigenvalue weighted by atomic mass is 10.1. The maximum absolute atomic E-state index is 11.5. The van der Waals surface area contributed by atoms with Gasteiger partial charge in [-0.2, -0.15) is 0 Å². The number of hydrogen-bond acceptors (Lipinski definition) is 3. The molecule has 3 amide bonds. The molecule has 7 nitrogen and oxygen atoms in total. The molecule has 0 saturated carbocycles. The van der Waals surface area contributed by atoms with Crippen LogP contribution in [0.4, 0.5) is 10.5 Å². The summed E-state index contributed by atoms with van der Waals surface area (Å²) in [5, 5.41) is 13.8. The summed E-state index contributed by atoms with van der Waals surface area (Å²) in [6, 6.07) is 5.68. The molecule has 0 fully saturated rings. The lowest BCUT2D eigenvalue weighted by molar-refractivity contribution is -0.141. The lowest BCUT2D eigenvalue weighted by Gasteiger charge is -2.09. The van der Waals surface area contributed by atoms with Crippen LogP contribution in [0.25, 0.3) is 0 Å². The number of primary amides is 1. The van der Waals surface area contributed by atoms with Crippen LogP contribution in [0.5, 0.6) is 0 Å². The van der Waals surface area contributed by atoms with E-state index >= 15 is 0 Å². The number of carboxylic acid groups (broad SMARTS) is 1. The molecule has 1 unspecified atom stereocenters. The fourth-order valence-corrected chi connectivity index (χ4v) is 1.42. The number of carbonyl (C=O) groups is 3. The van der Waals surface area contributed by atoms with Crippen LogP contribution in [0, 0.1) is 5.92 Å². The largest absolute Gasteiger partial charge is 0.481 e. The predicted octanol–water partition coefficient (Wildman–Crippen LogP) is 1.02. The van der Waals surface area contributed by atoms with Gasteiger partial charge in [-0.3, -0.25) is 9.59 Å². The van der Waals surface area contributed by atoms with Crippen LogP contribution in [0.3, 0.4) is 0 Å². The van der Waals surface area contributed by atoms with Gasteiger partial charge < -0.3 is 21.5 Å². The maximum atomic E-state index is 11.5. The van der Waals surface area contributed by atoms with Crippen molar-refractivity contribution in [3.63, 3.8) is 0 Å². The van der Waals surface area contributed by atoms with Crippen molar-refractivity contribution in [1.29, 1.82) is 0 Å². The second kappa shape index (κ2) is 7.13. The van der Waals surface area contributed by atoms with Gasteiger partial charge in [-0.1, -0.05) is 6.92 Å². The molecule has 0 aromatic heterocycles. The van der Waals surface area contributed by atoms with Crippen molar-refractivity contribution in [3.05, 3.63) is 29.8 Å². The minimum Gasteiger partial charge on any atom is -0.481 e. The number of anilines is 1. The highest BCUT2D eigenvalue weighted by atomic mass is 16.4. The Morgan fingerprint density at radius 2 is 1.85 bits per heavy atom. The first-order valence-electron chi connectivity index (χ1n) is 6.07. The summed E-state index contributed by atoms with van der Waals surface area (Å²) in [5.41, 5.74) is 5.96. The van der Waals surface area contributed by atoms with Gasteiger partial charge in [0.15, 0.2) is 0 Å². The Morgan fingerprint density at radius 3 is 2.35 bits per heavy atom. The van der Waals surface area contributed by atoms with Crippen LogP contribution in [0.1, 0.15) is 23.7 Å². The van der Waals surface area contributed by atoms with Gasteiger partial charge in [0.05, 0.1) is 5.92 Å². The first-order chi connectivity index (χ1) is 9.40. The Labute approximate surface area is 116 Å². The molecule has 7 heteroatoms. The van der Waals surface area contributed by atoms with Gasteiger partial charge in [0, 0.05) is 17.8 Å². The Morgan fingerprint density at radius 1 is 1.25 bits per heavy atom. The van der Waals surface area contributed by atoms with Crippen molar-refractivity contribution < 1.29 is 19.5 Å². The number of rotatable bonds is 6. The summed E-state index contributed by atoms with van der Waals surface area (Å²) in [5.74, 6) is -1.94. The fraction of sp³-hybridized carbons (Fsp3) is 0.308. The van der Waals surface area contributed by atoms with Gasteiger partial charge >= 0.3 is 12.0 Å². The second-order valence-electron chi connectivity index (χ2n) is 4.35. The lowest BCUT2D eigenvalue weighted by Crippen LogP contribution is -2.31. The second-order valence-corrected chi connectivity index (χ2v) is 4.35. The SMILES string of the molecule is CC(CCNC(=O)Nc1ccc(C(N)=O)cc1)C(=O)O. The van der Waals surface area contributed by atoms with E-state index in [4.69, 9.17) is 10.8 Å². The number of carbonyl (C=O) groups excluding carboxylic acids is 2. The van der Waals surface area contributed by atoms with Crippen molar-refractivity contribution in [2.24, 2.45) is 11.7 Å². The van der Waals surface area contributed by atoms with Gasteiger partial charge in [-0.15, -0.1) is 0 Å². The van der Waals surface area contributed by atoms with E-state index in [1.165, 1.54) is 12.1 Å². The highest BCUT2D eigenvalue weighted by Crippen LogP contribution is 2.09. The molecule has 0 radical (unpaired) electrons. The number of nitrogens with one attached hydrogen (secondary N) is 2. The molecule has 1 atom stereocenters. The highest BCUT2D eigenvalue weighted by molar-refractivity contribution is 5.94. The molecule has 1 aromatic carbocycles. The minimum absolute atomic E-state index is 0.263. The van der Waals surface area contributed by atoms with Crippen LogP contribution < -0.4 is 16.4 Å². The van der Waals surface area contributed by atoms with Crippen molar-refractivity contribution >= 4 is 23.6 Å². The Balaban J connectivity index is 2.39. The number of carboxylic acids is 1. The average Bonchev–Trinajstić information content (AvgIpc) is 2.39. The summed E-state index contributed by atoms with van der Waals surface area (Å²) in [4.78, 5) is 33.0. The number of urea groups is 1. The van der Waals surface area contributed by atoms with Gasteiger partial charge in [0.1, 0.15) is 0 Å². The van der Waals surface area contributed by atoms with Gasteiger partial charge in [0.2, 0.25) is 5.91 Å². The molecule has 20 heavy (non-hydrogen) atoms. The summed E-state index contributed by atoms with van der Waals surface area (Å²) >= 11 is 0. The van der Waals surface area contributed by atoms with Gasteiger partial charge in [-0.25, -0.2) is 4.79 Å². The van der Waals surface area contributed by atoms with Gasteiger partial charge in [0.25, 0.3) is 0 Å². The third-order valence-corrected chi connectivity index (χ3v) is 2.71. The van der Waals surface area contributed by atoms with E-state index in [0.717, 1.165) is 0 Å². The zero-order valence-corrected chi connectivity index (χ0v) is 11.1. The molecule has 108 valence electrons. The molecule has 0 aliphatic heterocycles. The first-order valence-corrected chi connectivity index (χ1v) is 6.07. The van der Waals surface area contributed by atoms with E-state index in [1.54, 1.807) is 19.1 Å². The van der Waals surface area contributed by atoms with E-state index in [-0.39, 0.29) is 6.54 Å². The van der Waals surface area contributed by atoms with Crippen molar-refractivity contribution in [3.8, 4) is 0 Å². The van der Waals surface area contributed by atoms with Crippen LogP contribution in [-0.2, 0) is 4.79 Å². The van der Waals surface area contributed by atoms with E-state index in [1.807, 2.05) is 0 Å². The number of benzene rings is 1. The summed E-state index contributed by atoms with van der Waals surface area (Å²) < 4.78 is 0. The summed E-state index contributed by atoms with van der Waals surface area (Å²) in [7, 11) is 0. The van der Waals surface area contributed by atoms with Crippen LogP contribution in [0.15, 0.2) is 24.3 Å². The van der Waals surface area contributed by atoms with Crippen LogP contribution in [0.2, 0.25) is 0 Å². The number of nitrogens with two attached hydrogens (primary N) is 1. The Kier molecular flexibility index (Phi) is 5.52. The molecule has 0 spiro atoms. The number of hydrogen-bond donors (Lipinski definition) is 4. The molecular weight excluding hydrogens is 262 g/mol. The van der Waals surface area contributed by atoms with Crippen molar-refractivity contribution in [1.82, 2.24) is 5.32 Å². The predicted molar refractivity (Wildman–Crippen MR) is 73.4 cm³/mol. The van der Waals surface area contributed by atoms with Crippen LogP contribution >= 0.6 is 0 Å². The van der Waals surface area contributed by atoms with E-state index in [2.05, 4.69) is 10.6 Å². The highest BCUT2D eigenvalue weighted by Gasteiger charge is 2.10. The normalized spacial score (nSPS) is 11.4. The van der Waals surface area contributed by atoms with Gasteiger partial charge in [-0.05, 0) is 30.7 Å². The topological polar surface area (TPSA) is 122 Å². The molecule has 0 heterocycles. The molecule has 1 rings (SSSR count).